The molecule has 1 aromatic heterocycles. The highest BCUT2D eigenvalue weighted by Gasteiger charge is 2.12. The molecular formula is C15H13NO2. The van der Waals surface area contributed by atoms with Crippen LogP contribution in [0.4, 0.5) is 0 Å². The van der Waals surface area contributed by atoms with E-state index < -0.39 is 0 Å². The Morgan fingerprint density at radius 2 is 1.78 bits per heavy atom. The number of oxazole rings is 1. The van der Waals surface area contributed by atoms with Crippen molar-refractivity contribution in [1.82, 2.24) is 4.98 Å². The minimum Gasteiger partial charge on any atom is -0.508 e. The fraction of sp³-hybridized carbons (Fsp3) is 0.133. The maximum atomic E-state index is 9.44. The Bertz CT molecular complexity index is 708. The van der Waals surface area contributed by atoms with Crippen molar-refractivity contribution in [2.45, 2.75) is 13.8 Å². The van der Waals surface area contributed by atoms with Crippen LogP contribution in [-0.2, 0) is 0 Å². The lowest BCUT2D eigenvalue weighted by Crippen LogP contribution is -1.87. The van der Waals surface area contributed by atoms with E-state index in [1.54, 1.807) is 18.2 Å². The third kappa shape index (κ3) is 1.64. The molecule has 0 aliphatic rings. The molecule has 0 spiro atoms. The number of rotatable bonds is 1. The minimum absolute atomic E-state index is 0.198. The molecule has 0 saturated heterocycles. The summed E-state index contributed by atoms with van der Waals surface area (Å²) >= 11 is 0. The van der Waals surface area contributed by atoms with Crippen LogP contribution in [0.3, 0.4) is 0 Å². The molecule has 0 atom stereocenters. The quantitative estimate of drug-likeness (QED) is 0.702. The van der Waals surface area contributed by atoms with Gasteiger partial charge in [-0.05, 0) is 37.1 Å². The Hall–Kier alpha value is -2.29. The summed E-state index contributed by atoms with van der Waals surface area (Å²) in [5, 5.41) is 9.44. The summed E-state index contributed by atoms with van der Waals surface area (Å²) in [7, 11) is 0. The number of benzene rings is 2. The Balaban J connectivity index is 2.26. The van der Waals surface area contributed by atoms with E-state index in [2.05, 4.69) is 4.98 Å². The first-order valence-corrected chi connectivity index (χ1v) is 5.81. The van der Waals surface area contributed by atoms with Gasteiger partial charge in [0.15, 0.2) is 5.58 Å². The van der Waals surface area contributed by atoms with Gasteiger partial charge in [0.2, 0.25) is 5.89 Å². The average molecular weight is 239 g/mol. The first-order chi connectivity index (χ1) is 8.65. The van der Waals surface area contributed by atoms with E-state index in [4.69, 9.17) is 4.42 Å². The van der Waals surface area contributed by atoms with Crippen molar-refractivity contribution in [1.29, 1.82) is 0 Å². The predicted octanol–water partition coefficient (Wildman–Crippen LogP) is 3.82. The van der Waals surface area contributed by atoms with Crippen molar-refractivity contribution in [3.8, 4) is 17.2 Å². The Labute approximate surface area is 105 Å². The van der Waals surface area contributed by atoms with Crippen LogP contribution >= 0.6 is 0 Å². The highest BCUT2D eigenvalue weighted by molar-refractivity contribution is 5.78. The molecule has 90 valence electrons. The maximum absolute atomic E-state index is 9.44. The van der Waals surface area contributed by atoms with Gasteiger partial charge in [0.1, 0.15) is 11.3 Å². The van der Waals surface area contributed by atoms with E-state index in [0.717, 1.165) is 16.7 Å². The summed E-state index contributed by atoms with van der Waals surface area (Å²) in [4.78, 5) is 4.44. The van der Waals surface area contributed by atoms with Crippen LogP contribution in [0.1, 0.15) is 11.1 Å². The SMILES string of the molecule is Cc1cccc(C)c1-c1nc2cc(O)ccc2o1. The number of aryl methyl sites for hydroxylation is 2. The highest BCUT2D eigenvalue weighted by Crippen LogP contribution is 2.30. The predicted molar refractivity (Wildman–Crippen MR) is 70.6 cm³/mol. The van der Waals surface area contributed by atoms with Crippen LogP contribution < -0.4 is 0 Å². The van der Waals surface area contributed by atoms with Gasteiger partial charge in [-0.15, -0.1) is 0 Å². The summed E-state index contributed by atoms with van der Waals surface area (Å²) in [5.74, 6) is 0.801. The number of fused-ring (bicyclic) bond motifs is 1. The maximum Gasteiger partial charge on any atom is 0.227 e. The van der Waals surface area contributed by atoms with Gasteiger partial charge in [0.05, 0.1) is 0 Å². The first-order valence-electron chi connectivity index (χ1n) is 5.81. The molecule has 3 nitrogen and oxygen atoms in total. The molecule has 18 heavy (non-hydrogen) atoms. The summed E-state index contributed by atoms with van der Waals surface area (Å²) < 4.78 is 5.75. The van der Waals surface area contributed by atoms with Gasteiger partial charge in [-0.25, -0.2) is 4.98 Å². The molecule has 0 saturated carbocycles. The zero-order valence-corrected chi connectivity index (χ0v) is 10.3. The fourth-order valence-corrected chi connectivity index (χ4v) is 2.17. The van der Waals surface area contributed by atoms with Crippen LogP contribution in [0.5, 0.6) is 5.75 Å². The van der Waals surface area contributed by atoms with Crippen LogP contribution in [0.25, 0.3) is 22.6 Å². The molecule has 0 unspecified atom stereocenters. The van der Waals surface area contributed by atoms with Crippen molar-refractivity contribution >= 4 is 11.1 Å². The topological polar surface area (TPSA) is 46.3 Å². The Morgan fingerprint density at radius 1 is 1.06 bits per heavy atom. The van der Waals surface area contributed by atoms with E-state index in [0.29, 0.717) is 17.0 Å². The lowest BCUT2D eigenvalue weighted by atomic mass is 10.0. The Morgan fingerprint density at radius 3 is 2.50 bits per heavy atom. The van der Waals surface area contributed by atoms with Crippen LogP contribution in [0, 0.1) is 13.8 Å². The summed E-state index contributed by atoms with van der Waals surface area (Å²) in [6, 6.07) is 11.0. The lowest BCUT2D eigenvalue weighted by Gasteiger charge is -2.04. The first kappa shape index (κ1) is 10.8. The van der Waals surface area contributed by atoms with E-state index in [1.165, 1.54) is 0 Å². The van der Waals surface area contributed by atoms with Crippen molar-refractivity contribution < 1.29 is 9.52 Å². The molecule has 2 aromatic carbocycles. The van der Waals surface area contributed by atoms with Crippen molar-refractivity contribution in [2.24, 2.45) is 0 Å². The zero-order valence-electron chi connectivity index (χ0n) is 10.3. The van der Waals surface area contributed by atoms with Gasteiger partial charge >= 0.3 is 0 Å². The normalized spacial score (nSPS) is 11.0. The monoisotopic (exact) mass is 239 g/mol. The highest BCUT2D eigenvalue weighted by atomic mass is 16.3. The lowest BCUT2D eigenvalue weighted by molar-refractivity contribution is 0.476. The van der Waals surface area contributed by atoms with E-state index in [9.17, 15) is 5.11 Å². The molecule has 3 aromatic rings. The minimum atomic E-state index is 0.198. The third-order valence-corrected chi connectivity index (χ3v) is 3.07. The number of phenolic OH excluding ortho intramolecular Hbond substituents is 1. The fourth-order valence-electron chi connectivity index (χ4n) is 2.17. The third-order valence-electron chi connectivity index (χ3n) is 3.07. The van der Waals surface area contributed by atoms with Gasteiger partial charge < -0.3 is 9.52 Å². The van der Waals surface area contributed by atoms with Crippen LogP contribution in [-0.4, -0.2) is 10.1 Å². The number of nitrogens with zero attached hydrogens (tertiary/aromatic N) is 1. The van der Waals surface area contributed by atoms with Gasteiger partial charge in [0, 0.05) is 11.6 Å². The number of aromatic nitrogens is 1. The second kappa shape index (κ2) is 3.88. The smallest absolute Gasteiger partial charge is 0.227 e. The standard InChI is InChI=1S/C15H13NO2/c1-9-4-3-5-10(2)14(9)15-16-12-8-11(17)6-7-13(12)18-15/h3-8,17H,1-2H3. The molecule has 0 bridgehead atoms. The molecule has 0 fully saturated rings. The van der Waals surface area contributed by atoms with Crippen molar-refractivity contribution in [2.75, 3.05) is 0 Å². The van der Waals surface area contributed by atoms with Gasteiger partial charge in [-0.3, -0.25) is 0 Å². The van der Waals surface area contributed by atoms with Crippen LogP contribution in [0.2, 0.25) is 0 Å². The molecule has 0 aliphatic carbocycles. The molecule has 1 N–H and O–H groups in total. The Kier molecular flexibility index (Phi) is 2.33. The summed E-state index contributed by atoms with van der Waals surface area (Å²) in [5.41, 5.74) is 4.64. The average Bonchev–Trinajstić information content (AvgIpc) is 2.71. The summed E-state index contributed by atoms with van der Waals surface area (Å²) in [6.45, 7) is 4.07. The van der Waals surface area contributed by atoms with Crippen LogP contribution in [0.15, 0.2) is 40.8 Å². The largest absolute Gasteiger partial charge is 0.508 e. The van der Waals surface area contributed by atoms with Crippen molar-refractivity contribution in [3.05, 3.63) is 47.5 Å². The molecule has 3 heteroatoms. The number of hydrogen-bond donors (Lipinski definition) is 1. The summed E-state index contributed by atoms with van der Waals surface area (Å²) in [6.07, 6.45) is 0. The van der Waals surface area contributed by atoms with E-state index in [1.807, 2.05) is 32.0 Å². The van der Waals surface area contributed by atoms with Gasteiger partial charge in [-0.2, -0.15) is 0 Å². The van der Waals surface area contributed by atoms with Crippen molar-refractivity contribution in [3.63, 3.8) is 0 Å². The number of hydrogen-bond acceptors (Lipinski definition) is 3. The van der Waals surface area contributed by atoms with Gasteiger partial charge in [0.25, 0.3) is 0 Å². The second-order valence-corrected chi connectivity index (χ2v) is 4.44. The zero-order chi connectivity index (χ0) is 12.7. The van der Waals surface area contributed by atoms with E-state index in [-0.39, 0.29) is 5.75 Å². The molecule has 0 radical (unpaired) electrons. The molecule has 0 aliphatic heterocycles. The number of aromatic hydroxyl groups is 1. The number of phenols is 1. The second-order valence-electron chi connectivity index (χ2n) is 4.44. The molecule has 3 rings (SSSR count). The molecule has 0 amide bonds. The van der Waals surface area contributed by atoms with E-state index >= 15 is 0 Å². The molecular weight excluding hydrogens is 226 g/mol. The van der Waals surface area contributed by atoms with Gasteiger partial charge in [-0.1, -0.05) is 18.2 Å². The molecule has 1 heterocycles.